The molecule has 0 saturated carbocycles. The second-order valence-electron chi connectivity index (χ2n) is 22.5. The number of phenols is 1. The van der Waals surface area contributed by atoms with E-state index >= 15 is 0 Å². The van der Waals surface area contributed by atoms with Gasteiger partial charge in [-0.1, -0.05) is 173 Å². The van der Waals surface area contributed by atoms with E-state index in [2.05, 4.69) is 227 Å². The number of imidazole rings is 1. The Hall–Kier alpha value is -6.29. The number of fused-ring (bicyclic) bond motifs is 5. The second-order valence-corrected chi connectivity index (χ2v) is 22.5. The SMILES string of the molecule is CC(C)(C)c1cc(-c2cccc3c2nc(-c2cc(C(C)(C)C)cc(C(C)(C)C)c2O)n3-c2ccc(C(C)(C)C)cc2-c2ccccc2)[c-]c(-c2nccc3c2oc2cc4ccccc4cc23)c1.[Pt]. The van der Waals surface area contributed by atoms with Crippen molar-refractivity contribution in [2.24, 2.45) is 0 Å². The van der Waals surface area contributed by atoms with Crippen molar-refractivity contribution in [3.63, 3.8) is 0 Å². The molecular formula is C62H60N3O2Pt-. The van der Waals surface area contributed by atoms with E-state index in [0.717, 1.165) is 94.2 Å². The molecular weight excluding hydrogens is 1010 g/mol. The fraction of sp³-hybridized carbons (Fsp3) is 0.258. The summed E-state index contributed by atoms with van der Waals surface area (Å²) in [6.07, 6.45) is 1.88. The van der Waals surface area contributed by atoms with Crippen molar-refractivity contribution in [1.82, 2.24) is 14.5 Å². The van der Waals surface area contributed by atoms with Gasteiger partial charge in [-0.25, -0.2) is 4.98 Å². The molecule has 1 N–H and O–H groups in total. The Balaban J connectivity index is 0.00000578. The molecule has 346 valence electrons. The quantitative estimate of drug-likeness (QED) is 0.174. The smallest absolute Gasteiger partial charge is 0.148 e. The van der Waals surface area contributed by atoms with Crippen LogP contribution in [0.15, 0.2) is 144 Å². The van der Waals surface area contributed by atoms with E-state index in [1.54, 1.807) is 0 Å². The number of benzene rings is 7. The Morgan fingerprint density at radius 2 is 1.18 bits per heavy atom. The monoisotopic (exact) mass is 1070 g/mol. The van der Waals surface area contributed by atoms with Crippen LogP contribution in [0.2, 0.25) is 0 Å². The number of nitrogens with zero attached hydrogens (tertiary/aromatic N) is 3. The molecule has 0 bridgehead atoms. The van der Waals surface area contributed by atoms with Gasteiger partial charge in [-0.15, -0.1) is 29.3 Å². The second kappa shape index (κ2) is 16.7. The maximum absolute atomic E-state index is 12.6. The number of aromatic hydroxyl groups is 1. The molecule has 0 saturated heterocycles. The van der Waals surface area contributed by atoms with Gasteiger partial charge in [-0.05, 0) is 91.6 Å². The first-order valence-corrected chi connectivity index (χ1v) is 23.5. The van der Waals surface area contributed by atoms with Crippen molar-refractivity contribution in [2.75, 3.05) is 0 Å². The molecule has 0 amide bonds. The predicted molar refractivity (Wildman–Crippen MR) is 281 cm³/mol. The van der Waals surface area contributed by atoms with Crippen LogP contribution in [0.5, 0.6) is 5.75 Å². The molecule has 0 unspecified atom stereocenters. The normalized spacial score (nSPS) is 12.6. The maximum Gasteiger partial charge on any atom is 0.148 e. The van der Waals surface area contributed by atoms with Crippen molar-refractivity contribution < 1.29 is 30.6 Å². The fourth-order valence-corrected chi connectivity index (χ4v) is 9.45. The number of phenolic OH excluding ortho intramolecular Hbond substituents is 1. The van der Waals surface area contributed by atoms with Crippen molar-refractivity contribution in [3.8, 4) is 56.3 Å². The van der Waals surface area contributed by atoms with Gasteiger partial charge in [-0.3, -0.25) is 9.55 Å². The Bertz CT molecular complexity index is 3570. The van der Waals surface area contributed by atoms with Gasteiger partial charge in [0.1, 0.15) is 22.7 Å². The van der Waals surface area contributed by atoms with Gasteiger partial charge in [0.25, 0.3) is 0 Å². The number of rotatable bonds is 5. The van der Waals surface area contributed by atoms with Crippen LogP contribution < -0.4 is 0 Å². The fourth-order valence-electron chi connectivity index (χ4n) is 9.45. The number of aromatic nitrogens is 3. The zero-order valence-corrected chi connectivity index (χ0v) is 43.6. The Morgan fingerprint density at radius 3 is 1.85 bits per heavy atom. The van der Waals surface area contributed by atoms with Crippen LogP contribution in [0.4, 0.5) is 0 Å². The maximum atomic E-state index is 12.6. The third kappa shape index (κ3) is 8.27. The average molecular weight is 1070 g/mol. The van der Waals surface area contributed by atoms with E-state index in [4.69, 9.17) is 14.4 Å². The molecule has 3 aromatic heterocycles. The Labute approximate surface area is 415 Å². The number of hydrogen-bond donors (Lipinski definition) is 1. The molecule has 68 heavy (non-hydrogen) atoms. The van der Waals surface area contributed by atoms with Crippen molar-refractivity contribution in [2.45, 2.75) is 105 Å². The summed E-state index contributed by atoms with van der Waals surface area (Å²) in [5, 5.41) is 17.0. The molecule has 0 aliphatic rings. The topological polar surface area (TPSA) is 64.1 Å². The van der Waals surface area contributed by atoms with E-state index in [9.17, 15) is 5.11 Å². The van der Waals surface area contributed by atoms with Crippen LogP contribution in [-0.4, -0.2) is 19.6 Å². The minimum Gasteiger partial charge on any atom is -0.507 e. The standard InChI is InChI=1S/C62H60N3O2.Pt/c1-59(2,3)42-25-26-51(47(34-42)37-19-14-13-15-20-37)65-52-24-18-23-45(55(52)64-58(65)49-35-44(61(7,8)9)36-50(56(49)66)62(10,11)12)40-29-41(31-43(30-40)60(4,5)6)54-57-46(27-28-63-54)48-32-38-21-16-17-22-39(38)33-53(48)67-57;/h13-28,30-36,66H,1-12H3;/q-1;. The first-order valence-electron chi connectivity index (χ1n) is 23.5. The third-order valence-corrected chi connectivity index (χ3v) is 13.4. The largest absolute Gasteiger partial charge is 0.507 e. The molecule has 0 aliphatic carbocycles. The third-order valence-electron chi connectivity index (χ3n) is 13.4. The van der Waals surface area contributed by atoms with E-state index in [1.165, 1.54) is 10.9 Å². The molecule has 5 nitrogen and oxygen atoms in total. The molecule has 0 fully saturated rings. The molecule has 0 radical (unpaired) electrons. The molecule has 3 heterocycles. The first-order chi connectivity index (χ1) is 31.6. The Morgan fingerprint density at radius 1 is 0.544 bits per heavy atom. The predicted octanol–water partition coefficient (Wildman–Crippen LogP) is 16.8. The number of hydrogen-bond acceptors (Lipinski definition) is 4. The summed E-state index contributed by atoms with van der Waals surface area (Å²) < 4.78 is 9.01. The van der Waals surface area contributed by atoms with Crippen LogP contribution in [0.3, 0.4) is 0 Å². The summed E-state index contributed by atoms with van der Waals surface area (Å²) in [6.45, 7) is 26.7. The van der Waals surface area contributed by atoms with E-state index in [1.807, 2.05) is 6.20 Å². The summed E-state index contributed by atoms with van der Waals surface area (Å²) >= 11 is 0. The molecule has 10 aromatic rings. The van der Waals surface area contributed by atoms with Crippen molar-refractivity contribution in [1.29, 1.82) is 0 Å². The molecule has 6 heteroatoms. The van der Waals surface area contributed by atoms with E-state index in [-0.39, 0.29) is 48.5 Å². The van der Waals surface area contributed by atoms with Crippen molar-refractivity contribution in [3.05, 3.63) is 168 Å². The molecule has 0 spiro atoms. The summed E-state index contributed by atoms with van der Waals surface area (Å²) in [5.74, 6) is 0.915. The van der Waals surface area contributed by atoms with Gasteiger partial charge in [0.2, 0.25) is 0 Å². The van der Waals surface area contributed by atoms with Gasteiger partial charge in [0.15, 0.2) is 0 Å². The zero-order chi connectivity index (χ0) is 47.4. The summed E-state index contributed by atoms with van der Waals surface area (Å²) in [6, 6.07) is 51.3. The minimum atomic E-state index is -0.339. The van der Waals surface area contributed by atoms with Gasteiger partial charge in [-0.2, -0.15) is 0 Å². The van der Waals surface area contributed by atoms with E-state index in [0.29, 0.717) is 11.4 Å². The first kappa shape index (κ1) is 46.8. The zero-order valence-electron chi connectivity index (χ0n) is 41.3. The Kier molecular flexibility index (Phi) is 11.5. The van der Waals surface area contributed by atoms with Gasteiger partial charge in [0, 0.05) is 54.9 Å². The molecule has 0 aliphatic heterocycles. The van der Waals surface area contributed by atoms with Gasteiger partial charge < -0.3 is 9.52 Å². The summed E-state index contributed by atoms with van der Waals surface area (Å²) in [5.41, 5.74) is 14.2. The number of pyridine rings is 1. The van der Waals surface area contributed by atoms with Crippen LogP contribution in [0.1, 0.15) is 105 Å². The average Bonchev–Trinajstić information content (AvgIpc) is 3.85. The molecule has 7 aromatic carbocycles. The number of furan rings is 1. The summed E-state index contributed by atoms with van der Waals surface area (Å²) in [7, 11) is 0. The molecule has 0 atom stereocenters. The number of para-hydroxylation sites is 1. The van der Waals surface area contributed by atoms with Crippen LogP contribution in [-0.2, 0) is 42.7 Å². The summed E-state index contributed by atoms with van der Waals surface area (Å²) in [4.78, 5) is 10.7. The van der Waals surface area contributed by atoms with Crippen molar-refractivity contribution >= 4 is 43.7 Å². The van der Waals surface area contributed by atoms with Crippen LogP contribution in [0.25, 0.3) is 94.3 Å². The van der Waals surface area contributed by atoms with Crippen LogP contribution in [0, 0.1) is 6.07 Å². The van der Waals surface area contributed by atoms with E-state index < -0.39 is 0 Å². The van der Waals surface area contributed by atoms with Crippen LogP contribution >= 0.6 is 0 Å². The minimum absolute atomic E-state index is 0. The van der Waals surface area contributed by atoms with Gasteiger partial charge >= 0.3 is 0 Å². The van der Waals surface area contributed by atoms with Gasteiger partial charge in [0.05, 0.1) is 22.3 Å². The molecule has 10 rings (SSSR count).